The van der Waals surface area contributed by atoms with Gasteiger partial charge in [-0.05, 0) is 13.3 Å². The van der Waals surface area contributed by atoms with Crippen molar-refractivity contribution >= 4 is 11.8 Å². The average molecular weight is 254 g/mol. The van der Waals surface area contributed by atoms with Gasteiger partial charge in [0.05, 0.1) is 7.11 Å². The fraction of sp³-hybridized carbons (Fsp3) is 0.417. The lowest BCUT2D eigenvalue weighted by atomic mass is 10.1. The van der Waals surface area contributed by atoms with E-state index in [4.69, 9.17) is 4.42 Å². The van der Waals surface area contributed by atoms with Crippen LogP contribution >= 0.6 is 0 Å². The van der Waals surface area contributed by atoms with E-state index < -0.39 is 17.2 Å². The smallest absolute Gasteiger partial charge is 0.350 e. The second kappa shape index (κ2) is 6.00. The lowest BCUT2D eigenvalue weighted by Gasteiger charge is -2.03. The van der Waals surface area contributed by atoms with Gasteiger partial charge in [0.25, 0.3) is 0 Å². The first-order valence-corrected chi connectivity index (χ1v) is 5.39. The van der Waals surface area contributed by atoms with E-state index in [1.54, 1.807) is 0 Å². The normalized spacial score (nSPS) is 10.1. The number of Topliss-reactive ketones (excluding diaryl/α,β-unsaturated/α-hetero) is 1. The van der Waals surface area contributed by atoms with Gasteiger partial charge in [0.2, 0.25) is 0 Å². The van der Waals surface area contributed by atoms with Gasteiger partial charge in [-0.1, -0.05) is 0 Å². The molecule has 1 rings (SSSR count). The van der Waals surface area contributed by atoms with E-state index in [1.807, 2.05) is 0 Å². The predicted molar refractivity (Wildman–Crippen MR) is 61.6 cm³/mol. The molecular weight excluding hydrogens is 240 g/mol. The van der Waals surface area contributed by atoms with Crippen LogP contribution in [0, 0.1) is 0 Å². The van der Waals surface area contributed by atoms with Crippen LogP contribution in [0.1, 0.15) is 35.9 Å². The number of ketones is 1. The molecule has 0 spiro atoms. The second-order valence-electron chi connectivity index (χ2n) is 3.75. The van der Waals surface area contributed by atoms with Crippen LogP contribution in [-0.2, 0) is 16.0 Å². The van der Waals surface area contributed by atoms with Gasteiger partial charge in [0.1, 0.15) is 17.1 Å². The predicted octanol–water partition coefficient (Wildman–Crippen LogP) is 1.04. The molecule has 0 saturated heterocycles. The van der Waals surface area contributed by atoms with Crippen molar-refractivity contribution < 1.29 is 23.8 Å². The monoisotopic (exact) mass is 254 g/mol. The number of carbonyl (C=O) groups is 2. The number of aromatic hydroxyl groups is 1. The van der Waals surface area contributed by atoms with Crippen LogP contribution in [0.3, 0.4) is 0 Å². The van der Waals surface area contributed by atoms with Gasteiger partial charge in [-0.25, -0.2) is 4.79 Å². The summed E-state index contributed by atoms with van der Waals surface area (Å²) in [5.41, 5.74) is -1.22. The molecular formula is C12H14O6. The third-order valence-electron chi connectivity index (χ3n) is 2.37. The Bertz CT molecular complexity index is 514. The molecule has 0 aliphatic heterocycles. The molecule has 0 amide bonds. The zero-order valence-corrected chi connectivity index (χ0v) is 10.2. The van der Waals surface area contributed by atoms with E-state index in [0.29, 0.717) is 12.8 Å². The molecule has 1 N–H and O–H groups in total. The molecule has 0 saturated carbocycles. The third-order valence-corrected chi connectivity index (χ3v) is 2.37. The number of methoxy groups -OCH3 is 1. The number of rotatable bonds is 5. The van der Waals surface area contributed by atoms with E-state index in [0.717, 1.165) is 0 Å². The van der Waals surface area contributed by atoms with Crippen molar-refractivity contribution in [2.24, 2.45) is 0 Å². The first-order valence-electron chi connectivity index (χ1n) is 5.39. The Morgan fingerprint density at radius 2 is 2.11 bits per heavy atom. The van der Waals surface area contributed by atoms with Gasteiger partial charge in [-0.3, -0.25) is 9.59 Å². The van der Waals surface area contributed by atoms with Crippen LogP contribution in [0.4, 0.5) is 0 Å². The van der Waals surface area contributed by atoms with Crippen LogP contribution in [0.25, 0.3) is 0 Å². The van der Waals surface area contributed by atoms with Crippen molar-refractivity contribution in [2.45, 2.75) is 26.2 Å². The lowest BCUT2D eigenvalue weighted by Crippen LogP contribution is -2.13. The summed E-state index contributed by atoms with van der Waals surface area (Å²) in [6.07, 6.45) is 0.917. The van der Waals surface area contributed by atoms with Gasteiger partial charge in [-0.15, -0.1) is 0 Å². The summed E-state index contributed by atoms with van der Waals surface area (Å²) in [7, 11) is 1.29. The van der Waals surface area contributed by atoms with Crippen molar-refractivity contribution in [2.75, 3.05) is 7.11 Å². The fourth-order valence-corrected chi connectivity index (χ4v) is 1.49. The molecule has 6 nitrogen and oxygen atoms in total. The van der Waals surface area contributed by atoms with Crippen molar-refractivity contribution in [1.82, 2.24) is 0 Å². The maximum absolute atomic E-state index is 11.4. The van der Waals surface area contributed by atoms with Gasteiger partial charge >= 0.3 is 11.6 Å². The molecule has 0 fully saturated rings. The van der Waals surface area contributed by atoms with Crippen molar-refractivity contribution in [3.8, 4) is 5.75 Å². The molecule has 98 valence electrons. The number of hydrogen-bond donors (Lipinski definition) is 1. The van der Waals surface area contributed by atoms with E-state index >= 15 is 0 Å². The molecule has 0 unspecified atom stereocenters. The Kier molecular flexibility index (Phi) is 4.65. The Hall–Kier alpha value is -2.11. The van der Waals surface area contributed by atoms with Gasteiger partial charge in [-0.2, -0.15) is 0 Å². The minimum Gasteiger partial charge on any atom is -0.507 e. The van der Waals surface area contributed by atoms with E-state index in [9.17, 15) is 19.5 Å². The average Bonchev–Trinajstić information content (AvgIpc) is 2.27. The SMILES string of the molecule is COC(=O)CCCc1cc(O)c(C(C)=O)c(=O)o1. The summed E-state index contributed by atoms with van der Waals surface area (Å²) >= 11 is 0. The highest BCUT2D eigenvalue weighted by atomic mass is 16.5. The van der Waals surface area contributed by atoms with Gasteiger partial charge in [0, 0.05) is 18.9 Å². The number of ether oxygens (including phenoxy) is 1. The highest BCUT2D eigenvalue weighted by molar-refractivity contribution is 5.96. The van der Waals surface area contributed by atoms with E-state index in [2.05, 4.69) is 4.74 Å². The number of carbonyl (C=O) groups excluding carboxylic acids is 2. The molecule has 1 heterocycles. The van der Waals surface area contributed by atoms with Crippen molar-refractivity contribution in [3.63, 3.8) is 0 Å². The highest BCUT2D eigenvalue weighted by Gasteiger charge is 2.15. The summed E-state index contributed by atoms with van der Waals surface area (Å²) in [6.45, 7) is 1.17. The fourth-order valence-electron chi connectivity index (χ4n) is 1.49. The molecule has 0 radical (unpaired) electrons. The minimum atomic E-state index is -0.865. The molecule has 0 aromatic carbocycles. The maximum Gasteiger partial charge on any atom is 0.350 e. The molecule has 6 heteroatoms. The summed E-state index contributed by atoms with van der Waals surface area (Å²) in [5, 5.41) is 9.52. The Labute approximate surface area is 103 Å². The molecule has 0 atom stereocenters. The van der Waals surface area contributed by atoms with E-state index in [1.165, 1.54) is 20.1 Å². The first-order chi connectivity index (χ1) is 8.45. The largest absolute Gasteiger partial charge is 0.507 e. The summed E-state index contributed by atoms with van der Waals surface area (Å²) in [5.74, 6) is -1.08. The van der Waals surface area contributed by atoms with Crippen molar-refractivity contribution in [3.05, 3.63) is 27.8 Å². The Morgan fingerprint density at radius 3 is 2.61 bits per heavy atom. The maximum atomic E-state index is 11.4. The van der Waals surface area contributed by atoms with Crippen molar-refractivity contribution in [1.29, 1.82) is 0 Å². The Balaban J connectivity index is 2.78. The lowest BCUT2D eigenvalue weighted by molar-refractivity contribution is -0.140. The van der Waals surface area contributed by atoms with Crippen LogP contribution < -0.4 is 5.63 Å². The van der Waals surface area contributed by atoms with Gasteiger partial charge < -0.3 is 14.3 Å². The Morgan fingerprint density at radius 1 is 1.44 bits per heavy atom. The topological polar surface area (TPSA) is 93.8 Å². The molecule has 0 bridgehead atoms. The van der Waals surface area contributed by atoms with Gasteiger partial charge in [0.15, 0.2) is 5.78 Å². The van der Waals surface area contributed by atoms with Crippen LogP contribution in [0.15, 0.2) is 15.3 Å². The number of hydrogen-bond acceptors (Lipinski definition) is 6. The van der Waals surface area contributed by atoms with E-state index in [-0.39, 0.29) is 23.7 Å². The quantitative estimate of drug-likeness (QED) is 0.623. The zero-order valence-electron chi connectivity index (χ0n) is 10.2. The third kappa shape index (κ3) is 3.44. The summed E-state index contributed by atoms with van der Waals surface area (Å²) < 4.78 is 9.34. The first kappa shape index (κ1) is 14.0. The standard InChI is InChI=1S/C12H14O6/c1-7(13)11-9(14)6-8(18-12(11)16)4-3-5-10(15)17-2/h6,14H,3-5H2,1-2H3. The molecule has 1 aromatic rings. The molecule has 1 aromatic heterocycles. The zero-order chi connectivity index (χ0) is 13.7. The minimum absolute atomic E-state index is 0.190. The number of esters is 1. The highest BCUT2D eigenvalue weighted by Crippen LogP contribution is 2.16. The summed E-state index contributed by atoms with van der Waals surface area (Å²) in [6, 6.07) is 1.22. The molecule has 0 aliphatic carbocycles. The second-order valence-corrected chi connectivity index (χ2v) is 3.75. The molecule has 0 aliphatic rings. The van der Waals surface area contributed by atoms with Crippen LogP contribution in [-0.4, -0.2) is 24.0 Å². The molecule has 18 heavy (non-hydrogen) atoms. The number of aryl methyl sites for hydroxylation is 1. The van der Waals surface area contributed by atoms with Crippen LogP contribution in [0.2, 0.25) is 0 Å². The summed E-state index contributed by atoms with van der Waals surface area (Å²) in [4.78, 5) is 33.3. The van der Waals surface area contributed by atoms with Crippen LogP contribution in [0.5, 0.6) is 5.75 Å².